The molecule has 17 heteroatoms. The van der Waals surface area contributed by atoms with E-state index in [-0.39, 0.29) is 24.5 Å². The number of hydrogen-bond acceptors (Lipinski definition) is 13. The van der Waals surface area contributed by atoms with Gasteiger partial charge in [0.1, 0.15) is 33.7 Å². The minimum atomic E-state index is -3.09. The number of nitrogens with one attached hydrogen (secondary N) is 1. The zero-order valence-electron chi connectivity index (χ0n) is 28.3. The second-order valence-electron chi connectivity index (χ2n) is 13.5. The van der Waals surface area contributed by atoms with Crippen LogP contribution in [0.1, 0.15) is 57.9 Å². The van der Waals surface area contributed by atoms with Gasteiger partial charge in [0, 0.05) is 42.3 Å². The second-order valence-corrected chi connectivity index (χ2v) is 16.2. The molecule has 0 amide bonds. The Morgan fingerprint density at radius 3 is 2.44 bits per heavy atom. The van der Waals surface area contributed by atoms with Crippen molar-refractivity contribution in [3.8, 4) is 22.8 Å². The van der Waals surface area contributed by atoms with Crippen LogP contribution in [0.15, 0.2) is 43.1 Å². The molecule has 3 fully saturated rings. The Kier molecular flexibility index (Phi) is 10.5. The highest BCUT2D eigenvalue weighted by Gasteiger charge is 2.42. The summed E-state index contributed by atoms with van der Waals surface area (Å²) in [5, 5.41) is 19.8. The van der Waals surface area contributed by atoms with Crippen molar-refractivity contribution in [1.82, 2.24) is 44.9 Å². The van der Waals surface area contributed by atoms with Gasteiger partial charge in [0.2, 0.25) is 5.95 Å². The zero-order valence-corrected chi connectivity index (χ0v) is 29.8. The van der Waals surface area contributed by atoms with Crippen molar-refractivity contribution >= 4 is 33.1 Å². The molecule has 1 N–H and O–H groups in total. The summed E-state index contributed by atoms with van der Waals surface area (Å²) >= 11 is 6.45. The van der Waals surface area contributed by atoms with Gasteiger partial charge < -0.3 is 19.5 Å². The van der Waals surface area contributed by atoms with Crippen LogP contribution in [0, 0.1) is 0 Å². The van der Waals surface area contributed by atoms with E-state index in [0.717, 1.165) is 50.0 Å². The lowest BCUT2D eigenvalue weighted by Gasteiger charge is -2.43. The number of aromatic nitrogens is 8. The van der Waals surface area contributed by atoms with Crippen molar-refractivity contribution in [1.29, 1.82) is 0 Å². The van der Waals surface area contributed by atoms with Gasteiger partial charge in [-0.2, -0.15) is 0 Å². The number of benzene rings is 1. The molecule has 3 atom stereocenters. The first kappa shape index (κ1) is 34.6. The summed E-state index contributed by atoms with van der Waals surface area (Å²) in [4.78, 5) is 11.9. The number of tetrazole rings is 1. The fraction of sp³-hybridized carbons (Fsp3) is 0.576. The van der Waals surface area contributed by atoms with Gasteiger partial charge in [-0.1, -0.05) is 17.7 Å². The van der Waals surface area contributed by atoms with E-state index < -0.39 is 9.84 Å². The van der Waals surface area contributed by atoms with Crippen LogP contribution < -0.4 is 14.8 Å². The van der Waals surface area contributed by atoms with Gasteiger partial charge in [-0.15, -0.1) is 10.2 Å². The predicted molar refractivity (Wildman–Crippen MR) is 186 cm³/mol. The molecule has 0 radical (unpaired) electrons. The number of morpholine rings is 1. The van der Waals surface area contributed by atoms with E-state index in [4.69, 9.17) is 30.9 Å². The van der Waals surface area contributed by atoms with Gasteiger partial charge in [0.15, 0.2) is 0 Å². The number of fused-ring (bicyclic) bond motifs is 2. The third-order valence-corrected chi connectivity index (χ3v) is 11.0. The van der Waals surface area contributed by atoms with Crippen LogP contribution in [0.3, 0.4) is 0 Å². The summed E-state index contributed by atoms with van der Waals surface area (Å²) in [7, 11) is -3.09. The standard InChI is InChI=1S/C33H43ClN10O5S/c1-22(17-42-21-37-40-41-42)49-31-14-23(4-11-29(31)34)24-15-35-33(36-16-24)38-30-18-43(39-32(30)48-12-3-13-50(2,45)46)25-5-7-26(8-6-25)44-27-9-10-28(44)20-47-19-27/h4,11,14-16,18,21-22,25-28H,3,5-10,12-13,17,19-20H2,1-2H3,(H,35,36,38)/t22-,25-,26-,27+,28+/m0/s1. The molecule has 4 aromatic rings. The van der Waals surface area contributed by atoms with Crippen LogP contribution in [0.2, 0.25) is 5.02 Å². The molecule has 50 heavy (non-hydrogen) atoms. The third-order valence-electron chi connectivity index (χ3n) is 9.68. The smallest absolute Gasteiger partial charge is 0.256 e. The summed E-state index contributed by atoms with van der Waals surface area (Å²) in [6.07, 6.45) is 15.0. The average molecular weight is 727 g/mol. The maximum Gasteiger partial charge on any atom is 0.256 e. The number of halogens is 1. The summed E-state index contributed by atoms with van der Waals surface area (Å²) in [5.74, 6) is 1.35. The molecule has 2 bridgehead atoms. The number of ether oxygens (including phenoxy) is 3. The van der Waals surface area contributed by atoms with Crippen molar-refractivity contribution in [3.05, 3.63) is 48.1 Å². The van der Waals surface area contributed by atoms with Crippen molar-refractivity contribution in [3.63, 3.8) is 0 Å². The molecule has 3 aliphatic rings. The van der Waals surface area contributed by atoms with Gasteiger partial charge >= 0.3 is 0 Å². The highest BCUT2D eigenvalue weighted by Crippen LogP contribution is 2.39. The van der Waals surface area contributed by atoms with E-state index >= 15 is 0 Å². The Balaban J connectivity index is 1.02. The monoisotopic (exact) mass is 726 g/mol. The number of sulfone groups is 1. The van der Waals surface area contributed by atoms with Crippen LogP contribution in [-0.4, -0.2) is 109 Å². The predicted octanol–water partition coefficient (Wildman–Crippen LogP) is 4.35. The van der Waals surface area contributed by atoms with E-state index in [1.54, 1.807) is 23.1 Å². The number of anilines is 2. The van der Waals surface area contributed by atoms with Crippen LogP contribution in [0.25, 0.3) is 11.1 Å². The molecule has 1 saturated carbocycles. The van der Waals surface area contributed by atoms with E-state index in [2.05, 4.69) is 35.7 Å². The van der Waals surface area contributed by atoms with Crippen molar-refractivity contribution in [2.24, 2.45) is 0 Å². The summed E-state index contributed by atoms with van der Waals surface area (Å²) in [5.41, 5.74) is 2.25. The summed E-state index contributed by atoms with van der Waals surface area (Å²) in [6, 6.07) is 7.46. The molecule has 7 rings (SSSR count). The van der Waals surface area contributed by atoms with Gasteiger partial charge in [0.25, 0.3) is 5.88 Å². The lowest BCUT2D eigenvalue weighted by Crippen LogP contribution is -2.52. The molecule has 268 valence electrons. The quantitative estimate of drug-likeness (QED) is 0.183. The van der Waals surface area contributed by atoms with Gasteiger partial charge in [-0.3, -0.25) is 9.58 Å². The molecule has 1 aliphatic carbocycles. The molecule has 15 nitrogen and oxygen atoms in total. The van der Waals surface area contributed by atoms with E-state index in [1.807, 2.05) is 29.9 Å². The number of nitrogens with zero attached hydrogens (tertiary/aromatic N) is 9. The molecule has 0 spiro atoms. The Morgan fingerprint density at radius 1 is 1.02 bits per heavy atom. The maximum absolute atomic E-state index is 11.7. The van der Waals surface area contributed by atoms with Crippen LogP contribution in [0.4, 0.5) is 11.6 Å². The zero-order chi connectivity index (χ0) is 34.7. The first-order valence-corrected chi connectivity index (χ1v) is 19.6. The van der Waals surface area contributed by atoms with E-state index in [0.29, 0.717) is 59.4 Å². The SMILES string of the molecule is C[C@@H](Cn1cnnn1)Oc1cc(-c2cnc(Nc3cn([C@H]4CC[C@H](N5[C@@H]6CC[C@@H]5COC6)CC4)nc3OCCCS(C)(=O)=O)nc2)ccc1Cl. The Labute approximate surface area is 296 Å². The Hall–Kier alpha value is -3.86. The topological polar surface area (TPSA) is 164 Å². The molecule has 5 heterocycles. The fourth-order valence-electron chi connectivity index (χ4n) is 7.34. The lowest BCUT2D eigenvalue weighted by atomic mass is 9.89. The summed E-state index contributed by atoms with van der Waals surface area (Å²) < 4.78 is 44.9. The third kappa shape index (κ3) is 8.36. The first-order valence-electron chi connectivity index (χ1n) is 17.2. The fourth-order valence-corrected chi connectivity index (χ4v) is 8.14. The largest absolute Gasteiger partial charge is 0.487 e. The second kappa shape index (κ2) is 15.2. The van der Waals surface area contributed by atoms with Crippen LogP contribution in [-0.2, 0) is 21.1 Å². The molecule has 3 aromatic heterocycles. The van der Waals surface area contributed by atoms with Gasteiger partial charge in [-0.05, 0) is 80.0 Å². The lowest BCUT2D eigenvalue weighted by molar-refractivity contribution is -0.0458. The Morgan fingerprint density at radius 2 is 1.74 bits per heavy atom. The molecule has 2 aliphatic heterocycles. The van der Waals surface area contributed by atoms with Crippen molar-refractivity contribution < 1.29 is 22.6 Å². The molecule has 1 aromatic carbocycles. The first-order chi connectivity index (χ1) is 24.2. The molecule has 2 saturated heterocycles. The minimum Gasteiger partial charge on any atom is -0.487 e. The van der Waals surface area contributed by atoms with Crippen LogP contribution in [0.5, 0.6) is 11.6 Å². The number of hydrogen-bond donors (Lipinski definition) is 1. The Bertz CT molecular complexity index is 1820. The van der Waals surface area contributed by atoms with Gasteiger partial charge in [-0.25, -0.2) is 23.1 Å². The summed E-state index contributed by atoms with van der Waals surface area (Å²) in [6.45, 7) is 4.31. The minimum absolute atomic E-state index is 0.0459. The highest BCUT2D eigenvalue weighted by atomic mass is 35.5. The van der Waals surface area contributed by atoms with Crippen molar-refractivity contribution in [2.45, 2.75) is 88.7 Å². The number of rotatable bonds is 14. The van der Waals surface area contributed by atoms with E-state index in [1.165, 1.54) is 25.4 Å². The van der Waals surface area contributed by atoms with Crippen molar-refractivity contribution in [2.75, 3.05) is 37.1 Å². The van der Waals surface area contributed by atoms with Crippen LogP contribution >= 0.6 is 11.6 Å². The maximum atomic E-state index is 11.7. The highest BCUT2D eigenvalue weighted by molar-refractivity contribution is 7.90. The molecular formula is C33H43ClN10O5S. The molecule has 0 unspecified atom stereocenters. The average Bonchev–Trinajstić information content (AvgIpc) is 3.82. The molecular weight excluding hydrogens is 684 g/mol. The van der Waals surface area contributed by atoms with E-state index in [9.17, 15) is 8.42 Å². The normalized spacial score (nSPS) is 23.1. The van der Waals surface area contributed by atoms with Gasteiger partial charge in [0.05, 0.1) is 49.4 Å².